The van der Waals surface area contributed by atoms with Crippen molar-refractivity contribution in [2.24, 2.45) is 0 Å². The Morgan fingerprint density at radius 1 is 0.970 bits per heavy atom. The standard InChI is InChI=1S/C17H14ClNO2.C10H12O2/c1-11-9-13-10-15(21-2)7-8-16(13)19(11)17(20)12-3-5-14(18)6-4-12;1-2-8-4-3-5-9(6-8)7-10(11)12/h3-10H,1-2H3;3-6H,2,7H2,1H3,(H,11,12). The fraction of sp³-hybridized carbons (Fsp3) is 0.185. The van der Waals surface area contributed by atoms with Crippen molar-refractivity contribution in [1.82, 2.24) is 4.57 Å². The van der Waals surface area contributed by atoms with Crippen LogP contribution in [-0.4, -0.2) is 28.7 Å². The molecule has 0 fully saturated rings. The topological polar surface area (TPSA) is 68.5 Å². The van der Waals surface area contributed by atoms with E-state index in [1.165, 1.54) is 5.56 Å². The summed E-state index contributed by atoms with van der Waals surface area (Å²) < 4.78 is 6.93. The Hall–Kier alpha value is -3.57. The maximum Gasteiger partial charge on any atom is 0.307 e. The van der Waals surface area contributed by atoms with Crippen LogP contribution in [0.1, 0.15) is 34.1 Å². The number of benzene rings is 3. The fourth-order valence-electron chi connectivity index (χ4n) is 3.58. The number of fused-ring (bicyclic) bond motifs is 1. The largest absolute Gasteiger partial charge is 0.497 e. The molecular formula is C27H26ClNO4. The van der Waals surface area contributed by atoms with Crippen LogP contribution in [0.4, 0.5) is 0 Å². The molecule has 170 valence electrons. The average molecular weight is 464 g/mol. The molecule has 0 spiro atoms. The molecule has 0 aliphatic heterocycles. The maximum atomic E-state index is 12.7. The van der Waals surface area contributed by atoms with Gasteiger partial charge in [-0.1, -0.05) is 42.8 Å². The molecular weight excluding hydrogens is 438 g/mol. The third kappa shape index (κ3) is 6.02. The van der Waals surface area contributed by atoms with E-state index in [2.05, 4.69) is 6.92 Å². The predicted molar refractivity (Wildman–Crippen MR) is 132 cm³/mol. The number of hydrogen-bond acceptors (Lipinski definition) is 3. The zero-order chi connectivity index (χ0) is 24.0. The monoisotopic (exact) mass is 463 g/mol. The van der Waals surface area contributed by atoms with Crippen LogP contribution in [0.2, 0.25) is 5.02 Å². The van der Waals surface area contributed by atoms with Gasteiger partial charge in [-0.05, 0) is 73.0 Å². The Labute approximate surface area is 198 Å². The molecule has 1 heterocycles. The quantitative estimate of drug-likeness (QED) is 0.384. The molecule has 6 heteroatoms. The number of aryl methyl sites for hydroxylation is 2. The minimum absolute atomic E-state index is 0.0654. The minimum atomic E-state index is -0.775. The normalized spacial score (nSPS) is 10.4. The lowest BCUT2D eigenvalue weighted by molar-refractivity contribution is -0.136. The molecule has 3 aromatic carbocycles. The summed E-state index contributed by atoms with van der Waals surface area (Å²) in [5.74, 6) is -0.0637. The second-order valence-corrected chi connectivity index (χ2v) is 8.04. The van der Waals surface area contributed by atoms with Crippen molar-refractivity contribution in [3.8, 4) is 5.75 Å². The van der Waals surface area contributed by atoms with E-state index in [1.807, 2.05) is 55.5 Å². The Bertz CT molecular complexity index is 1280. The molecule has 4 rings (SSSR count). The van der Waals surface area contributed by atoms with Crippen molar-refractivity contribution in [2.75, 3.05) is 7.11 Å². The summed E-state index contributed by atoms with van der Waals surface area (Å²) in [4.78, 5) is 23.1. The summed E-state index contributed by atoms with van der Waals surface area (Å²) in [6.07, 6.45) is 1.07. The maximum absolute atomic E-state index is 12.7. The van der Waals surface area contributed by atoms with Crippen molar-refractivity contribution in [2.45, 2.75) is 26.7 Å². The predicted octanol–water partition coefficient (Wildman–Crippen LogP) is 6.18. The number of carboxylic acid groups (broad SMARTS) is 1. The molecule has 0 saturated heterocycles. The number of rotatable bonds is 5. The summed E-state index contributed by atoms with van der Waals surface area (Å²) in [7, 11) is 1.63. The van der Waals surface area contributed by atoms with Gasteiger partial charge >= 0.3 is 5.97 Å². The van der Waals surface area contributed by atoms with E-state index in [4.69, 9.17) is 21.4 Å². The minimum Gasteiger partial charge on any atom is -0.497 e. The van der Waals surface area contributed by atoms with Gasteiger partial charge in [0.15, 0.2) is 0 Å². The third-order valence-corrected chi connectivity index (χ3v) is 5.49. The zero-order valence-corrected chi connectivity index (χ0v) is 19.6. The Morgan fingerprint density at radius 3 is 2.30 bits per heavy atom. The van der Waals surface area contributed by atoms with Gasteiger partial charge in [0, 0.05) is 21.7 Å². The summed E-state index contributed by atoms with van der Waals surface area (Å²) in [5.41, 5.74) is 4.43. The summed E-state index contributed by atoms with van der Waals surface area (Å²) >= 11 is 5.87. The summed E-state index contributed by atoms with van der Waals surface area (Å²) in [5, 5.41) is 10.1. The molecule has 0 atom stereocenters. The Kier molecular flexibility index (Phi) is 7.91. The van der Waals surface area contributed by atoms with E-state index in [9.17, 15) is 9.59 Å². The first kappa shape index (κ1) is 24.1. The van der Waals surface area contributed by atoms with Gasteiger partial charge in [-0.25, -0.2) is 0 Å². The first-order valence-corrected chi connectivity index (χ1v) is 11.0. The SMILES string of the molecule is CCc1cccc(CC(=O)O)c1.COc1ccc2c(c1)cc(C)n2C(=O)c1ccc(Cl)cc1. The Balaban J connectivity index is 0.000000218. The zero-order valence-electron chi connectivity index (χ0n) is 18.8. The highest BCUT2D eigenvalue weighted by Gasteiger charge is 2.15. The number of halogens is 1. The highest BCUT2D eigenvalue weighted by molar-refractivity contribution is 6.30. The van der Waals surface area contributed by atoms with Gasteiger partial charge < -0.3 is 9.84 Å². The molecule has 0 unspecified atom stereocenters. The van der Waals surface area contributed by atoms with Gasteiger partial charge in [0.25, 0.3) is 5.91 Å². The lowest BCUT2D eigenvalue weighted by Crippen LogP contribution is -2.13. The number of aliphatic carboxylic acids is 1. The molecule has 1 N–H and O–H groups in total. The van der Waals surface area contributed by atoms with E-state index < -0.39 is 5.97 Å². The van der Waals surface area contributed by atoms with Crippen LogP contribution in [0.5, 0.6) is 5.75 Å². The molecule has 1 aromatic heterocycles. The molecule has 0 aliphatic carbocycles. The van der Waals surface area contributed by atoms with Crippen LogP contribution in [0.3, 0.4) is 0 Å². The number of aromatic nitrogens is 1. The highest BCUT2D eigenvalue weighted by atomic mass is 35.5. The molecule has 5 nitrogen and oxygen atoms in total. The van der Waals surface area contributed by atoms with E-state index in [0.717, 1.165) is 34.3 Å². The molecule has 0 radical (unpaired) electrons. The van der Waals surface area contributed by atoms with Gasteiger partial charge in [0.1, 0.15) is 5.75 Å². The van der Waals surface area contributed by atoms with Crippen LogP contribution in [0.15, 0.2) is 72.8 Å². The van der Waals surface area contributed by atoms with Crippen LogP contribution in [-0.2, 0) is 17.6 Å². The second-order valence-electron chi connectivity index (χ2n) is 7.60. The molecule has 0 amide bonds. The molecule has 33 heavy (non-hydrogen) atoms. The van der Waals surface area contributed by atoms with Crippen molar-refractivity contribution in [3.05, 3.63) is 100 Å². The molecule has 0 aliphatic rings. The number of carbonyl (C=O) groups is 2. The lowest BCUT2D eigenvalue weighted by Gasteiger charge is -2.07. The first-order chi connectivity index (χ1) is 15.8. The summed E-state index contributed by atoms with van der Waals surface area (Å²) in [6.45, 7) is 3.97. The van der Waals surface area contributed by atoms with Crippen LogP contribution in [0, 0.1) is 6.92 Å². The van der Waals surface area contributed by atoms with E-state index in [-0.39, 0.29) is 12.3 Å². The second kappa shape index (κ2) is 10.8. The van der Waals surface area contributed by atoms with Crippen LogP contribution in [0.25, 0.3) is 10.9 Å². The number of carbonyl (C=O) groups excluding carboxylic acids is 1. The van der Waals surface area contributed by atoms with Gasteiger partial charge in [0.2, 0.25) is 0 Å². The fourth-order valence-corrected chi connectivity index (χ4v) is 3.71. The number of hydrogen-bond donors (Lipinski definition) is 1. The third-order valence-electron chi connectivity index (χ3n) is 5.24. The van der Waals surface area contributed by atoms with Crippen molar-refractivity contribution >= 4 is 34.4 Å². The van der Waals surface area contributed by atoms with Gasteiger partial charge in [-0.2, -0.15) is 0 Å². The average Bonchev–Trinajstić information content (AvgIpc) is 3.14. The van der Waals surface area contributed by atoms with Gasteiger partial charge in [0.05, 0.1) is 19.0 Å². The highest BCUT2D eigenvalue weighted by Crippen LogP contribution is 2.25. The van der Waals surface area contributed by atoms with Crippen molar-refractivity contribution < 1.29 is 19.4 Å². The number of carboxylic acids is 1. The molecule has 4 aromatic rings. The van der Waals surface area contributed by atoms with E-state index in [1.54, 1.807) is 35.9 Å². The van der Waals surface area contributed by atoms with Crippen LogP contribution >= 0.6 is 11.6 Å². The number of nitrogens with zero attached hydrogens (tertiary/aromatic N) is 1. The first-order valence-electron chi connectivity index (χ1n) is 10.6. The number of methoxy groups -OCH3 is 1. The smallest absolute Gasteiger partial charge is 0.307 e. The molecule has 0 bridgehead atoms. The number of ether oxygens (including phenoxy) is 1. The molecule has 0 saturated carbocycles. The van der Waals surface area contributed by atoms with Crippen molar-refractivity contribution in [3.63, 3.8) is 0 Å². The lowest BCUT2D eigenvalue weighted by atomic mass is 10.1. The Morgan fingerprint density at radius 2 is 1.67 bits per heavy atom. The van der Waals surface area contributed by atoms with Gasteiger partial charge in [-0.15, -0.1) is 0 Å². The van der Waals surface area contributed by atoms with Gasteiger partial charge in [-0.3, -0.25) is 14.2 Å². The van der Waals surface area contributed by atoms with E-state index in [0.29, 0.717) is 10.6 Å². The summed E-state index contributed by atoms with van der Waals surface area (Å²) in [6, 6.07) is 22.3. The van der Waals surface area contributed by atoms with E-state index >= 15 is 0 Å². The van der Waals surface area contributed by atoms with Crippen molar-refractivity contribution in [1.29, 1.82) is 0 Å². The van der Waals surface area contributed by atoms with Crippen LogP contribution < -0.4 is 4.74 Å².